The maximum atomic E-state index is 12.3. The van der Waals surface area contributed by atoms with E-state index in [0.717, 1.165) is 12.8 Å². The van der Waals surface area contributed by atoms with E-state index in [0.29, 0.717) is 18.7 Å². The molecule has 0 radical (unpaired) electrons. The summed E-state index contributed by atoms with van der Waals surface area (Å²) in [6.45, 7) is 0.575. The second-order valence-electron chi connectivity index (χ2n) is 4.76. The summed E-state index contributed by atoms with van der Waals surface area (Å²) in [5.74, 6) is 0.0958. The number of benzene rings is 1. The van der Waals surface area contributed by atoms with Crippen molar-refractivity contribution in [1.29, 1.82) is 0 Å². The van der Waals surface area contributed by atoms with E-state index in [1.165, 1.54) is 25.3 Å². The molecule has 1 aliphatic rings. The molecular formula is C13H17ClN2O4S. The molecule has 1 atom stereocenters. The first kappa shape index (κ1) is 16.1. The molecule has 1 amide bonds. The number of hydrogen-bond donors (Lipinski definition) is 2. The third-order valence-corrected chi connectivity index (χ3v) is 5.03. The van der Waals surface area contributed by atoms with Crippen LogP contribution >= 0.6 is 11.6 Å². The number of sulfonamides is 1. The minimum atomic E-state index is -3.81. The molecule has 1 aliphatic heterocycles. The summed E-state index contributed by atoms with van der Waals surface area (Å²) < 4.78 is 32.1. The summed E-state index contributed by atoms with van der Waals surface area (Å²) in [5.41, 5.74) is 0. The van der Waals surface area contributed by atoms with Crippen LogP contribution in [0.5, 0.6) is 5.75 Å². The van der Waals surface area contributed by atoms with E-state index in [4.69, 9.17) is 16.3 Å². The zero-order valence-electron chi connectivity index (χ0n) is 11.6. The van der Waals surface area contributed by atoms with E-state index < -0.39 is 16.1 Å². The molecule has 1 fully saturated rings. The van der Waals surface area contributed by atoms with Crippen LogP contribution in [0.4, 0.5) is 0 Å². The van der Waals surface area contributed by atoms with Crippen molar-refractivity contribution in [2.24, 2.45) is 0 Å². The van der Waals surface area contributed by atoms with Crippen LogP contribution in [-0.2, 0) is 14.8 Å². The van der Waals surface area contributed by atoms with E-state index >= 15 is 0 Å². The van der Waals surface area contributed by atoms with Gasteiger partial charge in [-0.25, -0.2) is 8.42 Å². The third-order valence-electron chi connectivity index (χ3n) is 3.27. The lowest BCUT2D eigenvalue weighted by Crippen LogP contribution is -2.45. The van der Waals surface area contributed by atoms with Crippen LogP contribution in [0.15, 0.2) is 23.1 Å². The number of carbonyl (C=O) groups excluding carboxylic acids is 1. The van der Waals surface area contributed by atoms with Gasteiger partial charge in [-0.15, -0.1) is 0 Å². The fraction of sp³-hybridized carbons (Fsp3) is 0.462. The van der Waals surface area contributed by atoms with Gasteiger partial charge in [-0.3, -0.25) is 4.79 Å². The van der Waals surface area contributed by atoms with Crippen molar-refractivity contribution in [2.45, 2.75) is 30.2 Å². The smallest absolute Gasteiger partial charge is 0.241 e. The van der Waals surface area contributed by atoms with E-state index in [-0.39, 0.29) is 15.8 Å². The molecule has 1 aromatic carbocycles. The van der Waals surface area contributed by atoms with Gasteiger partial charge in [-0.1, -0.05) is 11.6 Å². The topological polar surface area (TPSA) is 84.5 Å². The van der Waals surface area contributed by atoms with Gasteiger partial charge in [0.1, 0.15) is 11.8 Å². The van der Waals surface area contributed by atoms with Crippen molar-refractivity contribution in [1.82, 2.24) is 10.0 Å². The Bertz CT molecular complexity index is 633. The van der Waals surface area contributed by atoms with E-state index in [2.05, 4.69) is 10.0 Å². The average molecular weight is 333 g/mol. The van der Waals surface area contributed by atoms with E-state index in [1.54, 1.807) is 0 Å². The van der Waals surface area contributed by atoms with Gasteiger partial charge in [0.05, 0.1) is 17.0 Å². The molecule has 0 saturated carbocycles. The average Bonchev–Trinajstić information content (AvgIpc) is 2.64. The van der Waals surface area contributed by atoms with Gasteiger partial charge < -0.3 is 10.1 Å². The van der Waals surface area contributed by atoms with Crippen LogP contribution < -0.4 is 14.8 Å². The van der Waals surface area contributed by atoms with Crippen molar-refractivity contribution in [3.8, 4) is 5.75 Å². The zero-order valence-corrected chi connectivity index (χ0v) is 13.1. The van der Waals surface area contributed by atoms with Crippen molar-refractivity contribution in [2.75, 3.05) is 13.7 Å². The molecule has 0 spiro atoms. The Hall–Kier alpha value is -1.31. The molecule has 6 nitrogen and oxygen atoms in total. The second-order valence-corrected chi connectivity index (χ2v) is 6.88. The molecule has 116 valence electrons. The lowest BCUT2D eigenvalue weighted by molar-refractivity contribution is -0.122. The summed E-state index contributed by atoms with van der Waals surface area (Å²) in [4.78, 5) is 11.8. The number of hydrogen-bond acceptors (Lipinski definition) is 4. The van der Waals surface area contributed by atoms with Crippen molar-refractivity contribution >= 4 is 27.5 Å². The van der Waals surface area contributed by atoms with Gasteiger partial charge in [-0.05, 0) is 37.5 Å². The van der Waals surface area contributed by atoms with Crippen LogP contribution in [-0.4, -0.2) is 34.0 Å². The zero-order chi connectivity index (χ0) is 15.5. The number of ether oxygens (including phenoxy) is 1. The van der Waals surface area contributed by atoms with Crippen LogP contribution in [0.2, 0.25) is 5.02 Å². The molecule has 8 heteroatoms. The van der Waals surface area contributed by atoms with Crippen LogP contribution in [0.25, 0.3) is 0 Å². The third kappa shape index (κ3) is 3.87. The lowest BCUT2D eigenvalue weighted by Gasteiger charge is -2.16. The standard InChI is InChI=1S/C13H17ClN2O4S/c1-20-12-6-5-9(8-10(12)14)21(18,19)16-11-4-2-3-7-15-13(11)17/h5-6,8,11,16H,2-4,7H2,1H3,(H,15,17)/t11-/m1/s1. The van der Waals surface area contributed by atoms with Crippen molar-refractivity contribution < 1.29 is 17.9 Å². The molecule has 2 N–H and O–H groups in total. The number of amides is 1. The first-order chi connectivity index (χ1) is 9.94. The Labute approximate surface area is 128 Å². The summed E-state index contributed by atoms with van der Waals surface area (Å²) >= 11 is 5.94. The Balaban J connectivity index is 2.21. The Morgan fingerprint density at radius 2 is 2.14 bits per heavy atom. The molecule has 0 aliphatic carbocycles. The van der Waals surface area contributed by atoms with Gasteiger partial charge in [-0.2, -0.15) is 4.72 Å². The Kier molecular flexibility index (Phi) is 5.08. The Morgan fingerprint density at radius 3 is 2.81 bits per heavy atom. The van der Waals surface area contributed by atoms with E-state index in [9.17, 15) is 13.2 Å². The van der Waals surface area contributed by atoms with Crippen molar-refractivity contribution in [3.05, 3.63) is 23.2 Å². The first-order valence-electron chi connectivity index (χ1n) is 6.57. The fourth-order valence-corrected chi connectivity index (χ4v) is 3.70. The second kappa shape index (κ2) is 6.64. The molecule has 21 heavy (non-hydrogen) atoms. The van der Waals surface area contributed by atoms with Gasteiger partial charge in [0.25, 0.3) is 0 Å². The van der Waals surface area contributed by atoms with Crippen LogP contribution in [0, 0.1) is 0 Å². The van der Waals surface area contributed by atoms with E-state index in [1.807, 2.05) is 0 Å². The number of halogens is 1. The maximum Gasteiger partial charge on any atom is 0.241 e. The van der Waals surface area contributed by atoms with Crippen LogP contribution in [0.3, 0.4) is 0 Å². The number of nitrogens with one attached hydrogen (secondary N) is 2. The molecule has 1 saturated heterocycles. The molecule has 2 rings (SSSR count). The number of carbonyl (C=O) groups is 1. The molecular weight excluding hydrogens is 316 g/mol. The molecule has 1 aromatic rings. The van der Waals surface area contributed by atoms with Gasteiger partial charge in [0, 0.05) is 6.54 Å². The Morgan fingerprint density at radius 1 is 1.38 bits per heavy atom. The predicted molar refractivity (Wildman–Crippen MR) is 79.0 cm³/mol. The lowest BCUT2D eigenvalue weighted by atomic mass is 10.1. The highest BCUT2D eigenvalue weighted by Gasteiger charge is 2.27. The SMILES string of the molecule is COc1ccc(S(=O)(=O)N[C@@H]2CCCCNC2=O)cc1Cl. The molecule has 0 aromatic heterocycles. The van der Waals surface area contributed by atoms with Gasteiger partial charge in [0.15, 0.2) is 0 Å². The fourth-order valence-electron chi connectivity index (χ4n) is 2.12. The van der Waals surface area contributed by atoms with Gasteiger partial charge >= 0.3 is 0 Å². The van der Waals surface area contributed by atoms with Crippen LogP contribution in [0.1, 0.15) is 19.3 Å². The maximum absolute atomic E-state index is 12.3. The number of rotatable bonds is 4. The monoisotopic (exact) mass is 332 g/mol. The summed E-state index contributed by atoms with van der Waals surface area (Å²) in [5, 5.41) is 2.89. The minimum absolute atomic E-state index is 0.00495. The first-order valence-corrected chi connectivity index (χ1v) is 8.44. The summed E-state index contributed by atoms with van der Waals surface area (Å²) in [7, 11) is -2.36. The highest BCUT2D eigenvalue weighted by atomic mass is 35.5. The number of methoxy groups -OCH3 is 1. The molecule has 0 unspecified atom stereocenters. The highest BCUT2D eigenvalue weighted by Crippen LogP contribution is 2.27. The highest BCUT2D eigenvalue weighted by molar-refractivity contribution is 7.89. The minimum Gasteiger partial charge on any atom is -0.495 e. The van der Waals surface area contributed by atoms with Gasteiger partial charge in [0.2, 0.25) is 15.9 Å². The molecule has 1 heterocycles. The molecule has 0 bridgehead atoms. The van der Waals surface area contributed by atoms with Crippen molar-refractivity contribution in [3.63, 3.8) is 0 Å². The normalized spacial score (nSPS) is 19.7. The predicted octanol–water partition coefficient (Wildman–Crippen LogP) is 1.30. The quantitative estimate of drug-likeness (QED) is 0.870. The largest absolute Gasteiger partial charge is 0.495 e. The summed E-state index contributed by atoms with van der Waals surface area (Å²) in [6.07, 6.45) is 2.11. The summed E-state index contributed by atoms with van der Waals surface area (Å²) in [6, 6.07) is 3.42.